The molecule has 1 heterocycles. The van der Waals surface area contributed by atoms with Crippen LogP contribution in [-0.2, 0) is 11.3 Å². The molecule has 1 aliphatic rings. The fourth-order valence-electron chi connectivity index (χ4n) is 3.49. The van der Waals surface area contributed by atoms with Gasteiger partial charge in [0.25, 0.3) is 0 Å². The van der Waals surface area contributed by atoms with Crippen molar-refractivity contribution in [2.75, 3.05) is 25.0 Å². The maximum atomic E-state index is 11.1. The molecular formula is C20H33N3O. The van der Waals surface area contributed by atoms with Gasteiger partial charge in [0.15, 0.2) is 0 Å². The molecular weight excluding hydrogens is 298 g/mol. The van der Waals surface area contributed by atoms with Crippen LogP contribution >= 0.6 is 0 Å². The van der Waals surface area contributed by atoms with E-state index in [2.05, 4.69) is 41.5 Å². The van der Waals surface area contributed by atoms with Crippen molar-refractivity contribution in [3.63, 3.8) is 0 Å². The van der Waals surface area contributed by atoms with E-state index in [0.717, 1.165) is 18.8 Å². The van der Waals surface area contributed by atoms with Crippen LogP contribution in [-0.4, -0.2) is 36.5 Å². The van der Waals surface area contributed by atoms with Crippen molar-refractivity contribution in [2.45, 2.75) is 59.0 Å². The first kappa shape index (κ1) is 18.9. The lowest BCUT2D eigenvalue weighted by atomic mass is 10.0. The Bertz CT molecular complexity index is 490. The van der Waals surface area contributed by atoms with Crippen LogP contribution in [0.25, 0.3) is 0 Å². The summed E-state index contributed by atoms with van der Waals surface area (Å²) < 4.78 is 0. The summed E-state index contributed by atoms with van der Waals surface area (Å²) in [6.07, 6.45) is 5.45. The fraction of sp³-hybridized carbons (Fsp3) is 0.650. The summed E-state index contributed by atoms with van der Waals surface area (Å²) in [6, 6.07) is 8.70. The number of likely N-dealkylation sites (tertiary alicyclic amines) is 1. The summed E-state index contributed by atoms with van der Waals surface area (Å²) in [5.74, 6) is 0.635. The summed E-state index contributed by atoms with van der Waals surface area (Å²) in [7, 11) is 0. The number of hydrogen-bond acceptors (Lipinski definition) is 3. The van der Waals surface area contributed by atoms with E-state index in [1.807, 2.05) is 12.1 Å². The number of nitrogens with one attached hydrogen (secondary N) is 2. The van der Waals surface area contributed by atoms with E-state index in [0.29, 0.717) is 12.0 Å². The Kier molecular flexibility index (Phi) is 7.73. The summed E-state index contributed by atoms with van der Waals surface area (Å²) in [5, 5.41) is 6.44. The van der Waals surface area contributed by atoms with Crippen LogP contribution in [0.3, 0.4) is 0 Å². The lowest BCUT2D eigenvalue weighted by molar-refractivity contribution is -0.114. The molecule has 24 heavy (non-hydrogen) atoms. The van der Waals surface area contributed by atoms with E-state index in [9.17, 15) is 4.79 Å². The second-order valence-electron chi connectivity index (χ2n) is 7.27. The van der Waals surface area contributed by atoms with E-state index in [1.165, 1.54) is 51.3 Å². The maximum Gasteiger partial charge on any atom is 0.221 e. The average Bonchev–Trinajstić information content (AvgIpc) is 2.81. The van der Waals surface area contributed by atoms with Gasteiger partial charge in [-0.1, -0.05) is 38.8 Å². The van der Waals surface area contributed by atoms with Crippen LogP contribution in [0.1, 0.15) is 52.0 Å². The Hall–Kier alpha value is -1.39. The molecule has 0 unspecified atom stereocenters. The van der Waals surface area contributed by atoms with Crippen molar-refractivity contribution >= 4 is 11.6 Å². The molecule has 2 rings (SSSR count). The van der Waals surface area contributed by atoms with Gasteiger partial charge in [0.2, 0.25) is 5.91 Å². The number of hydrogen-bond donors (Lipinski definition) is 2. The van der Waals surface area contributed by atoms with Gasteiger partial charge in [0, 0.05) is 31.7 Å². The third-order valence-electron chi connectivity index (χ3n) is 4.84. The van der Waals surface area contributed by atoms with E-state index >= 15 is 0 Å². The first-order chi connectivity index (χ1) is 11.6. The average molecular weight is 332 g/mol. The second-order valence-corrected chi connectivity index (χ2v) is 7.27. The molecule has 1 saturated heterocycles. The number of benzene rings is 1. The number of rotatable bonds is 7. The summed E-state index contributed by atoms with van der Waals surface area (Å²) >= 11 is 0. The topological polar surface area (TPSA) is 44.4 Å². The fourth-order valence-corrected chi connectivity index (χ4v) is 3.49. The molecule has 1 aliphatic heterocycles. The van der Waals surface area contributed by atoms with Gasteiger partial charge in [0.05, 0.1) is 0 Å². The number of nitrogens with zero attached hydrogens (tertiary/aromatic N) is 1. The van der Waals surface area contributed by atoms with Crippen molar-refractivity contribution in [1.29, 1.82) is 0 Å². The minimum atomic E-state index is -0.0295. The van der Waals surface area contributed by atoms with Crippen molar-refractivity contribution in [3.8, 4) is 0 Å². The van der Waals surface area contributed by atoms with E-state index < -0.39 is 0 Å². The molecule has 4 heteroatoms. The molecule has 1 fully saturated rings. The Balaban J connectivity index is 1.82. The van der Waals surface area contributed by atoms with E-state index in [-0.39, 0.29) is 5.91 Å². The number of carbonyl (C=O) groups is 1. The Morgan fingerprint density at radius 1 is 1.08 bits per heavy atom. The highest BCUT2D eigenvalue weighted by molar-refractivity contribution is 5.88. The predicted octanol–water partition coefficient (Wildman–Crippen LogP) is 3.64. The Morgan fingerprint density at radius 3 is 2.25 bits per heavy atom. The van der Waals surface area contributed by atoms with Gasteiger partial charge in [-0.05, 0) is 49.5 Å². The van der Waals surface area contributed by atoms with Gasteiger partial charge in [-0.25, -0.2) is 0 Å². The quantitative estimate of drug-likeness (QED) is 0.802. The largest absolute Gasteiger partial charge is 0.326 e. The highest BCUT2D eigenvalue weighted by atomic mass is 16.1. The Labute approximate surface area is 147 Å². The molecule has 0 saturated carbocycles. The number of carbonyl (C=O) groups excluding carboxylic acids is 1. The zero-order valence-corrected chi connectivity index (χ0v) is 15.5. The normalized spacial score (nSPS) is 17.5. The molecule has 1 aromatic rings. The monoisotopic (exact) mass is 331 g/mol. The van der Waals surface area contributed by atoms with Gasteiger partial charge in [-0.15, -0.1) is 0 Å². The molecule has 2 N–H and O–H groups in total. The SMILES string of the molecule is CC(=O)Nc1ccc(CNC[C@@H](C(C)C)N2CCCCCC2)cc1. The first-order valence-electron chi connectivity index (χ1n) is 9.37. The van der Waals surface area contributed by atoms with Crippen LogP contribution in [0.2, 0.25) is 0 Å². The molecule has 1 amide bonds. The van der Waals surface area contributed by atoms with Crippen molar-refractivity contribution in [2.24, 2.45) is 5.92 Å². The van der Waals surface area contributed by atoms with Crippen LogP contribution in [0.4, 0.5) is 5.69 Å². The van der Waals surface area contributed by atoms with Crippen LogP contribution < -0.4 is 10.6 Å². The lowest BCUT2D eigenvalue weighted by Crippen LogP contribution is -2.46. The zero-order valence-electron chi connectivity index (χ0n) is 15.5. The molecule has 0 aliphatic carbocycles. The molecule has 1 atom stereocenters. The highest BCUT2D eigenvalue weighted by Crippen LogP contribution is 2.17. The zero-order chi connectivity index (χ0) is 17.4. The minimum absolute atomic E-state index is 0.0295. The third kappa shape index (κ3) is 6.25. The van der Waals surface area contributed by atoms with Gasteiger partial charge >= 0.3 is 0 Å². The van der Waals surface area contributed by atoms with Crippen LogP contribution in [0, 0.1) is 5.92 Å². The minimum Gasteiger partial charge on any atom is -0.326 e. The molecule has 134 valence electrons. The summed E-state index contributed by atoms with van der Waals surface area (Å²) in [6.45, 7) is 10.6. The van der Waals surface area contributed by atoms with Gasteiger partial charge < -0.3 is 10.6 Å². The smallest absolute Gasteiger partial charge is 0.221 e. The van der Waals surface area contributed by atoms with Gasteiger partial charge in [-0.2, -0.15) is 0 Å². The van der Waals surface area contributed by atoms with Crippen LogP contribution in [0.15, 0.2) is 24.3 Å². The Morgan fingerprint density at radius 2 is 1.71 bits per heavy atom. The van der Waals surface area contributed by atoms with E-state index in [1.54, 1.807) is 0 Å². The maximum absolute atomic E-state index is 11.1. The summed E-state index contributed by atoms with van der Waals surface area (Å²) in [4.78, 5) is 13.7. The molecule has 0 aromatic heterocycles. The predicted molar refractivity (Wildman–Crippen MR) is 101 cm³/mol. The van der Waals surface area contributed by atoms with Gasteiger partial charge in [0.1, 0.15) is 0 Å². The molecule has 1 aromatic carbocycles. The third-order valence-corrected chi connectivity index (χ3v) is 4.84. The standard InChI is InChI=1S/C20H33N3O/c1-16(2)20(23-12-6-4-5-7-13-23)15-21-14-18-8-10-19(11-9-18)22-17(3)24/h8-11,16,20-21H,4-7,12-15H2,1-3H3,(H,22,24)/t20-/m0/s1. The van der Waals surface area contributed by atoms with Gasteiger partial charge in [-0.3, -0.25) is 9.69 Å². The first-order valence-corrected chi connectivity index (χ1v) is 9.37. The lowest BCUT2D eigenvalue weighted by Gasteiger charge is -2.34. The number of amides is 1. The number of anilines is 1. The van der Waals surface area contributed by atoms with Crippen molar-refractivity contribution in [1.82, 2.24) is 10.2 Å². The van der Waals surface area contributed by atoms with Crippen LogP contribution in [0.5, 0.6) is 0 Å². The van der Waals surface area contributed by atoms with Crippen molar-refractivity contribution < 1.29 is 4.79 Å². The molecule has 0 spiro atoms. The molecule has 0 bridgehead atoms. The summed E-state index contributed by atoms with van der Waals surface area (Å²) in [5.41, 5.74) is 2.11. The second kappa shape index (κ2) is 9.80. The molecule has 0 radical (unpaired) electrons. The van der Waals surface area contributed by atoms with E-state index in [4.69, 9.17) is 0 Å². The molecule has 4 nitrogen and oxygen atoms in total. The highest BCUT2D eigenvalue weighted by Gasteiger charge is 2.22. The van der Waals surface area contributed by atoms with Crippen molar-refractivity contribution in [3.05, 3.63) is 29.8 Å².